The first-order valence-corrected chi connectivity index (χ1v) is 9.14. The number of rotatable bonds is 7. The van der Waals surface area contributed by atoms with Crippen LogP contribution in [0.15, 0.2) is 34.6 Å². The Balaban J connectivity index is 0.00000312. The summed E-state index contributed by atoms with van der Waals surface area (Å²) in [5.74, 6) is 0.718. The van der Waals surface area contributed by atoms with Gasteiger partial charge in [-0.3, -0.25) is 4.99 Å². The van der Waals surface area contributed by atoms with Crippen LogP contribution >= 0.6 is 35.3 Å². The van der Waals surface area contributed by atoms with Crippen molar-refractivity contribution in [2.24, 2.45) is 4.99 Å². The van der Waals surface area contributed by atoms with Crippen LogP contribution in [0.25, 0.3) is 0 Å². The molecule has 1 unspecified atom stereocenters. The van der Waals surface area contributed by atoms with Gasteiger partial charge in [-0.25, -0.2) is 4.98 Å². The first-order chi connectivity index (χ1) is 11.6. The summed E-state index contributed by atoms with van der Waals surface area (Å²) in [6.45, 7) is 7.94. The Bertz CT molecular complexity index is 657. The van der Waals surface area contributed by atoms with Crippen LogP contribution in [0.1, 0.15) is 34.9 Å². The van der Waals surface area contributed by atoms with Crippen molar-refractivity contribution in [2.75, 3.05) is 19.6 Å². The monoisotopic (exact) mass is 474 g/mol. The second-order valence-corrected chi connectivity index (χ2v) is 6.74. The number of aliphatic hydroxyl groups is 1. The molecule has 0 spiro atoms. The second kappa shape index (κ2) is 11.4. The quantitative estimate of drug-likeness (QED) is 0.328. The van der Waals surface area contributed by atoms with Crippen LogP contribution in [0.5, 0.6) is 0 Å². The summed E-state index contributed by atoms with van der Waals surface area (Å²) < 4.78 is 0. The van der Waals surface area contributed by atoms with E-state index >= 15 is 0 Å². The summed E-state index contributed by atoms with van der Waals surface area (Å²) in [6, 6.07) is 7.89. The molecule has 1 aromatic carbocycles. The molecule has 5 nitrogen and oxygen atoms in total. The van der Waals surface area contributed by atoms with Crippen molar-refractivity contribution >= 4 is 41.3 Å². The van der Waals surface area contributed by atoms with Crippen LogP contribution < -0.4 is 10.6 Å². The maximum Gasteiger partial charge on any atom is 0.191 e. The molecule has 0 aliphatic rings. The van der Waals surface area contributed by atoms with Gasteiger partial charge in [-0.2, -0.15) is 0 Å². The Morgan fingerprint density at radius 1 is 1.24 bits per heavy atom. The van der Waals surface area contributed by atoms with Gasteiger partial charge < -0.3 is 15.7 Å². The number of nitrogens with one attached hydrogen (secondary N) is 2. The molecule has 1 heterocycles. The Kier molecular flexibility index (Phi) is 9.99. The fourth-order valence-corrected chi connectivity index (χ4v) is 2.89. The van der Waals surface area contributed by atoms with E-state index in [-0.39, 0.29) is 24.0 Å². The van der Waals surface area contributed by atoms with Crippen molar-refractivity contribution in [3.8, 4) is 0 Å². The largest absolute Gasteiger partial charge is 0.386 e. The van der Waals surface area contributed by atoms with Crippen molar-refractivity contribution in [1.82, 2.24) is 15.6 Å². The number of guanidine groups is 1. The number of aryl methyl sites for hydroxylation is 2. The molecule has 2 rings (SSSR count). The average Bonchev–Trinajstić information content (AvgIpc) is 2.98. The predicted octanol–water partition coefficient (Wildman–Crippen LogP) is 3.21. The normalized spacial score (nSPS) is 12.4. The molecule has 0 saturated heterocycles. The Morgan fingerprint density at radius 2 is 1.96 bits per heavy atom. The average molecular weight is 474 g/mol. The van der Waals surface area contributed by atoms with Crippen LogP contribution in [-0.2, 0) is 6.42 Å². The van der Waals surface area contributed by atoms with Gasteiger partial charge in [0.1, 0.15) is 0 Å². The second-order valence-electron chi connectivity index (χ2n) is 5.68. The zero-order valence-corrected chi connectivity index (χ0v) is 18.1. The minimum absolute atomic E-state index is 0. The highest BCUT2D eigenvalue weighted by molar-refractivity contribution is 14.0. The van der Waals surface area contributed by atoms with Crippen LogP contribution in [0, 0.1) is 13.8 Å². The van der Waals surface area contributed by atoms with Crippen molar-refractivity contribution in [3.05, 3.63) is 51.5 Å². The number of hydrogen-bond acceptors (Lipinski definition) is 4. The number of aliphatic hydroxyl groups excluding tert-OH is 1. The molecule has 3 N–H and O–H groups in total. The summed E-state index contributed by atoms with van der Waals surface area (Å²) in [5, 5.41) is 19.9. The zero-order chi connectivity index (χ0) is 17.4. The SMILES string of the molecule is CCNC(=NCC(O)c1ccc(C)cc1)NCCc1csc(C)n1.I. The summed E-state index contributed by atoms with van der Waals surface area (Å²) in [5.41, 5.74) is 3.17. The molecule has 0 aliphatic carbocycles. The highest BCUT2D eigenvalue weighted by Crippen LogP contribution is 2.13. The first-order valence-electron chi connectivity index (χ1n) is 8.26. The van der Waals surface area contributed by atoms with E-state index in [2.05, 4.69) is 26.0 Å². The van der Waals surface area contributed by atoms with Gasteiger partial charge in [0.05, 0.1) is 23.4 Å². The third-order valence-corrected chi connectivity index (χ3v) is 4.39. The topological polar surface area (TPSA) is 69.5 Å². The molecule has 0 bridgehead atoms. The molecule has 25 heavy (non-hydrogen) atoms. The van der Waals surface area contributed by atoms with E-state index in [1.54, 1.807) is 11.3 Å². The zero-order valence-electron chi connectivity index (χ0n) is 15.0. The van der Waals surface area contributed by atoms with Crippen LogP contribution in [0.2, 0.25) is 0 Å². The van der Waals surface area contributed by atoms with Crippen molar-refractivity contribution in [3.63, 3.8) is 0 Å². The molecule has 0 radical (unpaired) electrons. The number of benzene rings is 1. The van der Waals surface area contributed by atoms with Gasteiger partial charge in [0.2, 0.25) is 0 Å². The third kappa shape index (κ3) is 7.70. The summed E-state index contributed by atoms with van der Waals surface area (Å²) in [4.78, 5) is 8.93. The molecular weight excluding hydrogens is 447 g/mol. The molecule has 2 aromatic rings. The highest BCUT2D eigenvalue weighted by atomic mass is 127. The minimum Gasteiger partial charge on any atom is -0.386 e. The van der Waals surface area contributed by atoms with E-state index in [0.717, 1.165) is 41.7 Å². The van der Waals surface area contributed by atoms with Crippen LogP contribution in [0.4, 0.5) is 0 Å². The van der Waals surface area contributed by atoms with Crippen molar-refractivity contribution < 1.29 is 5.11 Å². The first kappa shape index (κ1) is 21.9. The number of halogens is 1. The van der Waals surface area contributed by atoms with E-state index in [9.17, 15) is 5.11 Å². The Hall–Kier alpha value is -1.19. The van der Waals surface area contributed by atoms with Gasteiger partial charge in [-0.1, -0.05) is 29.8 Å². The smallest absolute Gasteiger partial charge is 0.191 e. The summed E-state index contributed by atoms with van der Waals surface area (Å²) in [7, 11) is 0. The number of aromatic nitrogens is 1. The van der Waals surface area contributed by atoms with Crippen molar-refractivity contribution in [2.45, 2.75) is 33.3 Å². The minimum atomic E-state index is -0.595. The van der Waals surface area contributed by atoms with E-state index < -0.39 is 6.10 Å². The lowest BCUT2D eigenvalue weighted by Crippen LogP contribution is -2.38. The Morgan fingerprint density at radius 3 is 2.56 bits per heavy atom. The third-order valence-electron chi connectivity index (χ3n) is 3.57. The lowest BCUT2D eigenvalue weighted by molar-refractivity contribution is 0.187. The van der Waals surface area contributed by atoms with E-state index in [4.69, 9.17) is 0 Å². The van der Waals surface area contributed by atoms with Gasteiger partial charge in [0.25, 0.3) is 0 Å². The number of nitrogens with zero attached hydrogens (tertiary/aromatic N) is 2. The van der Waals surface area contributed by atoms with Gasteiger partial charge in [0.15, 0.2) is 5.96 Å². The lowest BCUT2D eigenvalue weighted by Gasteiger charge is -2.13. The number of hydrogen-bond donors (Lipinski definition) is 3. The molecule has 138 valence electrons. The fourth-order valence-electron chi connectivity index (χ4n) is 2.25. The molecule has 1 atom stereocenters. The molecule has 1 aromatic heterocycles. The number of thiazole rings is 1. The van der Waals surface area contributed by atoms with Gasteiger partial charge >= 0.3 is 0 Å². The molecule has 0 fully saturated rings. The van der Waals surface area contributed by atoms with E-state index in [0.29, 0.717) is 6.54 Å². The van der Waals surface area contributed by atoms with Gasteiger partial charge in [-0.05, 0) is 26.3 Å². The summed E-state index contributed by atoms with van der Waals surface area (Å²) in [6.07, 6.45) is 0.261. The fraction of sp³-hybridized carbons (Fsp3) is 0.444. The molecule has 0 saturated carbocycles. The highest BCUT2D eigenvalue weighted by Gasteiger charge is 2.07. The summed E-state index contributed by atoms with van der Waals surface area (Å²) >= 11 is 1.67. The molecule has 0 amide bonds. The standard InChI is InChI=1S/C18H26N4OS.HI/c1-4-19-18(20-10-9-16-12-24-14(3)22-16)21-11-17(23)15-7-5-13(2)6-8-15;/h5-8,12,17,23H,4,9-11H2,1-3H3,(H2,19,20,21);1H. The molecular formula is C18H27IN4OS. The number of aliphatic imine (C=N–C) groups is 1. The molecule has 0 aliphatic heterocycles. The van der Waals surface area contributed by atoms with Crippen LogP contribution in [0.3, 0.4) is 0 Å². The van der Waals surface area contributed by atoms with Gasteiger partial charge in [-0.15, -0.1) is 35.3 Å². The maximum absolute atomic E-state index is 10.3. The van der Waals surface area contributed by atoms with Gasteiger partial charge in [0, 0.05) is 24.9 Å². The van der Waals surface area contributed by atoms with Crippen LogP contribution in [-0.4, -0.2) is 35.7 Å². The molecule has 7 heteroatoms. The van der Waals surface area contributed by atoms with Crippen molar-refractivity contribution in [1.29, 1.82) is 0 Å². The van der Waals surface area contributed by atoms with E-state index in [1.807, 2.05) is 45.0 Å². The van der Waals surface area contributed by atoms with E-state index in [1.165, 1.54) is 5.56 Å². The predicted molar refractivity (Wildman–Crippen MR) is 116 cm³/mol. The lowest BCUT2D eigenvalue weighted by atomic mass is 10.1. The Labute approximate surface area is 171 Å². The maximum atomic E-state index is 10.3.